The summed E-state index contributed by atoms with van der Waals surface area (Å²) >= 11 is 2.35. The number of thiazole rings is 1. The first kappa shape index (κ1) is 20.6. The lowest BCUT2D eigenvalue weighted by molar-refractivity contribution is -0.150. The molecule has 154 valence electrons. The van der Waals surface area contributed by atoms with Gasteiger partial charge in [-0.05, 0) is 12.5 Å². The Bertz CT molecular complexity index is 957. The second-order valence-corrected chi connectivity index (χ2v) is 7.97. The summed E-state index contributed by atoms with van der Waals surface area (Å²) in [7, 11) is 0. The molecule has 2 atom stereocenters. The van der Waals surface area contributed by atoms with E-state index in [1.807, 2.05) is 0 Å². The minimum Gasteiger partial charge on any atom is -0.479 e. The molecule has 0 unspecified atom stereocenters. The van der Waals surface area contributed by atoms with Gasteiger partial charge in [0.05, 0.1) is 0 Å². The Morgan fingerprint density at radius 2 is 2.17 bits per heavy atom. The van der Waals surface area contributed by atoms with Crippen LogP contribution in [0.15, 0.2) is 21.8 Å². The maximum atomic E-state index is 12.7. The lowest BCUT2D eigenvalue weighted by Gasteiger charge is -2.49. The highest BCUT2D eigenvalue weighted by molar-refractivity contribution is 8.00. The van der Waals surface area contributed by atoms with Crippen molar-refractivity contribution < 1.29 is 34.2 Å². The molecule has 1 aromatic rings. The molecule has 5 N–H and O–H groups in total. The third-order valence-electron chi connectivity index (χ3n) is 3.97. The summed E-state index contributed by atoms with van der Waals surface area (Å²) in [6.07, 6.45) is 0. The summed E-state index contributed by atoms with van der Waals surface area (Å²) in [6.45, 7) is 0.847. The lowest BCUT2D eigenvalue weighted by atomic mass is 10.0. The number of amides is 2. The Morgan fingerprint density at radius 3 is 2.76 bits per heavy atom. The van der Waals surface area contributed by atoms with Gasteiger partial charge in [0.25, 0.3) is 11.8 Å². The number of nitrogens with zero attached hydrogens (tertiary/aromatic N) is 3. The van der Waals surface area contributed by atoms with Crippen LogP contribution in [0.2, 0.25) is 0 Å². The fourth-order valence-electron chi connectivity index (χ4n) is 2.74. The van der Waals surface area contributed by atoms with Crippen LogP contribution < -0.4 is 11.1 Å². The molecule has 0 spiro atoms. The number of hydrogen-bond donors (Lipinski definition) is 4. The minimum absolute atomic E-state index is 0.0530. The van der Waals surface area contributed by atoms with E-state index in [0.29, 0.717) is 11.3 Å². The van der Waals surface area contributed by atoms with Crippen LogP contribution in [0, 0.1) is 0 Å². The quantitative estimate of drug-likeness (QED) is 0.239. The summed E-state index contributed by atoms with van der Waals surface area (Å²) in [5.41, 5.74) is 5.73. The number of aliphatic carboxylic acids is 2. The molecule has 14 heteroatoms. The van der Waals surface area contributed by atoms with E-state index in [2.05, 4.69) is 20.3 Å². The fourth-order valence-corrected chi connectivity index (χ4v) is 4.58. The van der Waals surface area contributed by atoms with E-state index in [1.54, 1.807) is 6.92 Å². The van der Waals surface area contributed by atoms with Crippen molar-refractivity contribution >= 4 is 57.7 Å². The largest absolute Gasteiger partial charge is 0.479 e. The van der Waals surface area contributed by atoms with Crippen molar-refractivity contribution in [2.45, 2.75) is 18.3 Å². The fraction of sp³-hybridized carbons (Fsp3) is 0.333. The molecule has 3 heterocycles. The molecule has 0 radical (unpaired) electrons. The SMILES string of the molecule is CC1=C(C(=O)O)N2C(=O)[C@@H](NC(=O)/C(=N\OCC(=O)O)c3csc(N)n3)[C@H]2SC1. The van der Waals surface area contributed by atoms with Gasteiger partial charge in [-0.3, -0.25) is 14.5 Å². The number of aromatic nitrogens is 1. The second-order valence-electron chi connectivity index (χ2n) is 5.97. The molecular formula is C15H15N5O7S2. The number of fused-ring (bicyclic) bond motifs is 1. The first-order valence-corrected chi connectivity index (χ1v) is 9.95. The molecule has 3 rings (SSSR count). The van der Waals surface area contributed by atoms with Crippen LogP contribution in [-0.2, 0) is 24.0 Å². The molecule has 29 heavy (non-hydrogen) atoms. The number of carbonyl (C=O) groups excluding carboxylic acids is 2. The number of carbonyl (C=O) groups is 4. The zero-order valence-corrected chi connectivity index (χ0v) is 16.5. The molecule has 12 nitrogen and oxygen atoms in total. The maximum Gasteiger partial charge on any atom is 0.352 e. The van der Waals surface area contributed by atoms with E-state index in [9.17, 15) is 24.3 Å². The third kappa shape index (κ3) is 4.02. The number of hydrogen-bond acceptors (Lipinski definition) is 10. The van der Waals surface area contributed by atoms with E-state index in [4.69, 9.17) is 10.8 Å². The zero-order chi connectivity index (χ0) is 21.3. The van der Waals surface area contributed by atoms with E-state index in [-0.39, 0.29) is 22.2 Å². The summed E-state index contributed by atoms with van der Waals surface area (Å²) in [5.74, 6) is -3.52. The lowest BCUT2D eigenvalue weighted by Crippen LogP contribution is -2.71. The monoisotopic (exact) mass is 441 g/mol. The van der Waals surface area contributed by atoms with Gasteiger partial charge in [0.2, 0.25) is 6.61 Å². The van der Waals surface area contributed by atoms with Gasteiger partial charge in [0, 0.05) is 11.1 Å². The maximum absolute atomic E-state index is 12.7. The minimum atomic E-state index is -1.29. The summed E-state index contributed by atoms with van der Waals surface area (Å²) in [4.78, 5) is 56.9. The number of nitrogen functional groups attached to an aromatic ring is 1. The van der Waals surface area contributed by atoms with Crippen molar-refractivity contribution in [1.29, 1.82) is 0 Å². The Hall–Kier alpha value is -3.13. The molecule has 0 aliphatic carbocycles. The molecule has 0 bridgehead atoms. The van der Waals surface area contributed by atoms with Gasteiger partial charge in [-0.15, -0.1) is 23.1 Å². The average Bonchev–Trinajstić information content (AvgIpc) is 3.08. The predicted molar refractivity (Wildman–Crippen MR) is 102 cm³/mol. The number of nitrogens with two attached hydrogens (primary N) is 1. The van der Waals surface area contributed by atoms with Crippen molar-refractivity contribution in [3.8, 4) is 0 Å². The van der Waals surface area contributed by atoms with E-state index >= 15 is 0 Å². The molecule has 0 saturated carbocycles. The van der Waals surface area contributed by atoms with Gasteiger partial charge in [-0.2, -0.15) is 0 Å². The van der Waals surface area contributed by atoms with Crippen LogP contribution in [0.1, 0.15) is 12.6 Å². The number of carboxylic acid groups (broad SMARTS) is 2. The number of anilines is 1. The number of oxime groups is 1. The molecule has 2 aliphatic rings. The van der Waals surface area contributed by atoms with Gasteiger partial charge < -0.3 is 26.1 Å². The summed E-state index contributed by atoms with van der Waals surface area (Å²) < 4.78 is 0. The van der Waals surface area contributed by atoms with Gasteiger partial charge in [0.1, 0.15) is 22.8 Å². The van der Waals surface area contributed by atoms with Gasteiger partial charge in [-0.25, -0.2) is 14.6 Å². The van der Waals surface area contributed by atoms with Crippen LogP contribution in [0.4, 0.5) is 5.13 Å². The first-order chi connectivity index (χ1) is 13.7. The standard InChI is InChI=1S/C15H15N5O7S2/c1-5-3-28-13-9(12(24)20(13)10(5)14(25)26)18-11(23)8(19-27-2-7(21)22)6-4-29-15(16)17-6/h4,9,13H,2-3H2,1H3,(H2,16,17)(H,18,23)(H,21,22)(H,25,26)/b19-8-/t9-,13-/m1/s1. The highest BCUT2D eigenvalue weighted by atomic mass is 32.2. The van der Waals surface area contributed by atoms with E-state index in [1.165, 1.54) is 17.1 Å². The normalized spacial score (nSPS) is 21.3. The van der Waals surface area contributed by atoms with Crippen LogP contribution in [0.3, 0.4) is 0 Å². The number of carboxylic acids is 2. The average molecular weight is 441 g/mol. The molecule has 1 saturated heterocycles. The topological polar surface area (TPSA) is 185 Å². The Labute approximate surface area is 171 Å². The van der Waals surface area contributed by atoms with Gasteiger partial charge >= 0.3 is 11.9 Å². The number of β-lactam (4-membered cyclic amide) rings is 1. The Kier molecular flexibility index (Phi) is 5.74. The first-order valence-electron chi connectivity index (χ1n) is 8.02. The van der Waals surface area contributed by atoms with Crippen LogP contribution in [0.5, 0.6) is 0 Å². The van der Waals surface area contributed by atoms with Crippen LogP contribution in [0.25, 0.3) is 0 Å². The van der Waals surface area contributed by atoms with Crippen molar-refractivity contribution in [1.82, 2.24) is 15.2 Å². The summed E-state index contributed by atoms with van der Waals surface area (Å²) in [5, 5.41) is 25.0. The molecule has 2 amide bonds. The molecule has 2 aliphatic heterocycles. The highest BCUT2D eigenvalue weighted by Crippen LogP contribution is 2.40. The predicted octanol–water partition coefficient (Wildman–Crippen LogP) is -0.711. The van der Waals surface area contributed by atoms with Gasteiger partial charge in [0.15, 0.2) is 10.8 Å². The van der Waals surface area contributed by atoms with Crippen molar-refractivity contribution in [2.24, 2.45) is 5.16 Å². The molecule has 0 aromatic carbocycles. The third-order valence-corrected chi connectivity index (χ3v) is 6.07. The number of nitrogens with one attached hydrogen (secondary N) is 1. The van der Waals surface area contributed by atoms with E-state index < -0.39 is 41.8 Å². The Morgan fingerprint density at radius 1 is 1.45 bits per heavy atom. The zero-order valence-electron chi connectivity index (χ0n) is 14.8. The molecule has 1 aromatic heterocycles. The van der Waals surface area contributed by atoms with Crippen molar-refractivity contribution in [3.63, 3.8) is 0 Å². The van der Waals surface area contributed by atoms with Crippen molar-refractivity contribution in [3.05, 3.63) is 22.3 Å². The van der Waals surface area contributed by atoms with Crippen LogP contribution in [-0.4, -0.2) is 73.3 Å². The number of rotatable bonds is 7. The van der Waals surface area contributed by atoms with Gasteiger partial charge in [-0.1, -0.05) is 5.16 Å². The highest BCUT2D eigenvalue weighted by Gasteiger charge is 2.54. The van der Waals surface area contributed by atoms with Crippen LogP contribution >= 0.6 is 23.1 Å². The Balaban J connectivity index is 1.78. The van der Waals surface area contributed by atoms with E-state index in [0.717, 1.165) is 16.2 Å². The smallest absolute Gasteiger partial charge is 0.352 e. The second kappa shape index (κ2) is 8.08. The molecule has 1 fully saturated rings. The number of thioether (sulfide) groups is 1. The molecular weight excluding hydrogens is 426 g/mol. The van der Waals surface area contributed by atoms with Crippen molar-refractivity contribution in [2.75, 3.05) is 18.1 Å². The summed E-state index contributed by atoms with van der Waals surface area (Å²) in [6, 6.07) is -0.976.